The number of anilines is 1. The van der Waals surface area contributed by atoms with Crippen molar-refractivity contribution < 1.29 is 9.53 Å². The number of urea groups is 1. The fourth-order valence-electron chi connectivity index (χ4n) is 3.00. The summed E-state index contributed by atoms with van der Waals surface area (Å²) in [7, 11) is 0. The fourth-order valence-corrected chi connectivity index (χ4v) is 3.00. The summed E-state index contributed by atoms with van der Waals surface area (Å²) in [6.07, 6.45) is 3.33. The molecule has 2 saturated heterocycles. The van der Waals surface area contributed by atoms with Crippen LogP contribution in [-0.4, -0.2) is 44.4 Å². The van der Waals surface area contributed by atoms with E-state index in [0.717, 1.165) is 39.0 Å². The zero-order valence-corrected chi connectivity index (χ0v) is 12.3. The zero-order valence-electron chi connectivity index (χ0n) is 12.3. The Morgan fingerprint density at radius 2 is 2.14 bits per heavy atom. The minimum atomic E-state index is -0.0783. The SMILES string of the molecule is O=C(NC[C@H]1CCCO1)N[C@H]1CCN(c2ccccc2)C1. The smallest absolute Gasteiger partial charge is 0.315 e. The number of benzene rings is 1. The highest BCUT2D eigenvalue weighted by molar-refractivity contribution is 5.74. The summed E-state index contributed by atoms with van der Waals surface area (Å²) in [6, 6.07) is 10.5. The van der Waals surface area contributed by atoms with Gasteiger partial charge in [0.1, 0.15) is 0 Å². The van der Waals surface area contributed by atoms with Gasteiger partial charge in [-0.05, 0) is 31.4 Å². The van der Waals surface area contributed by atoms with Crippen LogP contribution in [-0.2, 0) is 4.74 Å². The number of nitrogens with one attached hydrogen (secondary N) is 2. The molecule has 3 rings (SSSR count). The summed E-state index contributed by atoms with van der Waals surface area (Å²) in [6.45, 7) is 3.29. The van der Waals surface area contributed by atoms with Crippen LogP contribution in [0, 0.1) is 0 Å². The van der Waals surface area contributed by atoms with E-state index in [0.29, 0.717) is 6.54 Å². The first-order chi connectivity index (χ1) is 10.3. The normalized spacial score (nSPS) is 25.0. The largest absolute Gasteiger partial charge is 0.376 e. The third kappa shape index (κ3) is 3.88. The highest BCUT2D eigenvalue weighted by Crippen LogP contribution is 2.19. The maximum atomic E-state index is 11.9. The first-order valence-electron chi connectivity index (χ1n) is 7.77. The molecule has 5 nitrogen and oxygen atoms in total. The molecule has 0 bridgehead atoms. The van der Waals surface area contributed by atoms with E-state index in [4.69, 9.17) is 4.74 Å². The zero-order chi connectivity index (χ0) is 14.5. The molecular formula is C16H23N3O2. The molecule has 2 heterocycles. The van der Waals surface area contributed by atoms with Crippen LogP contribution in [0.2, 0.25) is 0 Å². The first-order valence-corrected chi connectivity index (χ1v) is 7.77. The van der Waals surface area contributed by atoms with Gasteiger partial charge >= 0.3 is 6.03 Å². The Labute approximate surface area is 125 Å². The van der Waals surface area contributed by atoms with Crippen molar-refractivity contribution >= 4 is 11.7 Å². The number of hydrogen-bond donors (Lipinski definition) is 2. The third-order valence-corrected chi connectivity index (χ3v) is 4.16. The molecule has 0 aliphatic carbocycles. The minimum absolute atomic E-state index is 0.0783. The maximum Gasteiger partial charge on any atom is 0.315 e. The van der Waals surface area contributed by atoms with E-state index < -0.39 is 0 Å². The van der Waals surface area contributed by atoms with E-state index in [1.807, 2.05) is 18.2 Å². The van der Waals surface area contributed by atoms with E-state index in [1.54, 1.807) is 0 Å². The van der Waals surface area contributed by atoms with Crippen LogP contribution in [0.15, 0.2) is 30.3 Å². The Balaban J connectivity index is 1.41. The average Bonchev–Trinajstić information content (AvgIpc) is 3.17. The molecule has 114 valence electrons. The molecule has 1 aromatic carbocycles. The second-order valence-corrected chi connectivity index (χ2v) is 5.76. The lowest BCUT2D eigenvalue weighted by atomic mass is 10.2. The number of ether oxygens (including phenoxy) is 1. The molecule has 0 saturated carbocycles. The number of amides is 2. The summed E-state index contributed by atoms with van der Waals surface area (Å²) >= 11 is 0. The highest BCUT2D eigenvalue weighted by Gasteiger charge is 2.24. The molecule has 0 unspecified atom stereocenters. The number of rotatable bonds is 4. The van der Waals surface area contributed by atoms with Crippen molar-refractivity contribution in [1.29, 1.82) is 0 Å². The number of carbonyl (C=O) groups is 1. The predicted octanol–water partition coefficient (Wildman–Crippen LogP) is 1.74. The predicted molar refractivity (Wildman–Crippen MR) is 82.6 cm³/mol. The van der Waals surface area contributed by atoms with E-state index in [2.05, 4.69) is 27.7 Å². The van der Waals surface area contributed by atoms with Gasteiger partial charge in [0, 0.05) is 38.0 Å². The standard InChI is InChI=1S/C16H23N3O2/c20-16(17-11-15-7-4-10-21-15)18-13-8-9-19(12-13)14-5-2-1-3-6-14/h1-3,5-6,13,15H,4,7-12H2,(H2,17,18,20)/t13-,15+/m0/s1. The van der Waals surface area contributed by atoms with Crippen molar-refractivity contribution in [1.82, 2.24) is 10.6 Å². The fraction of sp³-hybridized carbons (Fsp3) is 0.562. The molecule has 1 aromatic rings. The second-order valence-electron chi connectivity index (χ2n) is 5.76. The molecule has 0 aromatic heterocycles. The maximum absolute atomic E-state index is 11.9. The van der Waals surface area contributed by atoms with Crippen LogP contribution in [0.1, 0.15) is 19.3 Å². The van der Waals surface area contributed by atoms with Gasteiger partial charge < -0.3 is 20.3 Å². The minimum Gasteiger partial charge on any atom is -0.376 e. The van der Waals surface area contributed by atoms with Gasteiger partial charge in [0.15, 0.2) is 0 Å². The number of carbonyl (C=O) groups excluding carboxylic acids is 1. The van der Waals surface area contributed by atoms with Crippen LogP contribution in [0.5, 0.6) is 0 Å². The van der Waals surface area contributed by atoms with Gasteiger partial charge in [-0.1, -0.05) is 18.2 Å². The Hall–Kier alpha value is -1.75. The summed E-state index contributed by atoms with van der Waals surface area (Å²) in [5.74, 6) is 0. The molecule has 0 spiro atoms. The van der Waals surface area contributed by atoms with E-state index in [9.17, 15) is 4.79 Å². The van der Waals surface area contributed by atoms with E-state index >= 15 is 0 Å². The van der Waals surface area contributed by atoms with Gasteiger partial charge in [0.2, 0.25) is 0 Å². The van der Waals surface area contributed by atoms with E-state index in [1.165, 1.54) is 5.69 Å². The van der Waals surface area contributed by atoms with Gasteiger partial charge in [-0.3, -0.25) is 0 Å². The monoisotopic (exact) mass is 289 g/mol. The Morgan fingerprint density at radius 1 is 1.29 bits per heavy atom. The average molecular weight is 289 g/mol. The number of hydrogen-bond acceptors (Lipinski definition) is 3. The third-order valence-electron chi connectivity index (χ3n) is 4.16. The van der Waals surface area contributed by atoms with Crippen LogP contribution in [0.25, 0.3) is 0 Å². The van der Waals surface area contributed by atoms with Crippen molar-refractivity contribution in [3.63, 3.8) is 0 Å². The summed E-state index contributed by atoms with van der Waals surface area (Å²) in [4.78, 5) is 14.2. The van der Waals surface area contributed by atoms with E-state index in [-0.39, 0.29) is 18.2 Å². The summed E-state index contributed by atoms with van der Waals surface area (Å²) in [5.41, 5.74) is 1.22. The topological polar surface area (TPSA) is 53.6 Å². The van der Waals surface area contributed by atoms with Crippen LogP contribution in [0.4, 0.5) is 10.5 Å². The summed E-state index contributed by atoms with van der Waals surface area (Å²) < 4.78 is 5.50. The molecule has 2 aliphatic heterocycles. The van der Waals surface area contributed by atoms with Crippen molar-refractivity contribution in [3.8, 4) is 0 Å². The van der Waals surface area contributed by atoms with Gasteiger partial charge in [-0.25, -0.2) is 4.79 Å². The Kier molecular flexibility index (Phi) is 4.60. The van der Waals surface area contributed by atoms with Crippen LogP contribution in [0.3, 0.4) is 0 Å². The lowest BCUT2D eigenvalue weighted by molar-refractivity contribution is 0.111. The van der Waals surface area contributed by atoms with Crippen LogP contribution >= 0.6 is 0 Å². The first kappa shape index (κ1) is 14.2. The lowest BCUT2D eigenvalue weighted by Gasteiger charge is -2.19. The Bertz CT molecular complexity index is 460. The van der Waals surface area contributed by atoms with Gasteiger partial charge in [0.25, 0.3) is 0 Å². The van der Waals surface area contributed by atoms with Crippen LogP contribution < -0.4 is 15.5 Å². The molecule has 5 heteroatoms. The van der Waals surface area contributed by atoms with Gasteiger partial charge in [-0.2, -0.15) is 0 Å². The Morgan fingerprint density at radius 3 is 2.90 bits per heavy atom. The van der Waals surface area contributed by atoms with Gasteiger partial charge in [0.05, 0.1) is 6.10 Å². The molecule has 2 N–H and O–H groups in total. The van der Waals surface area contributed by atoms with Crippen molar-refractivity contribution in [2.24, 2.45) is 0 Å². The molecule has 21 heavy (non-hydrogen) atoms. The molecule has 2 atom stereocenters. The van der Waals surface area contributed by atoms with Crippen molar-refractivity contribution in [2.75, 3.05) is 31.1 Å². The lowest BCUT2D eigenvalue weighted by Crippen LogP contribution is -2.45. The number of nitrogens with zero attached hydrogens (tertiary/aromatic N) is 1. The molecular weight excluding hydrogens is 266 g/mol. The molecule has 2 fully saturated rings. The molecule has 2 amide bonds. The molecule has 0 radical (unpaired) electrons. The number of para-hydroxylation sites is 1. The quantitative estimate of drug-likeness (QED) is 0.888. The van der Waals surface area contributed by atoms with Gasteiger partial charge in [-0.15, -0.1) is 0 Å². The molecule has 2 aliphatic rings. The van der Waals surface area contributed by atoms with Crippen molar-refractivity contribution in [2.45, 2.75) is 31.4 Å². The highest BCUT2D eigenvalue weighted by atomic mass is 16.5. The van der Waals surface area contributed by atoms with Crippen molar-refractivity contribution in [3.05, 3.63) is 30.3 Å². The summed E-state index contributed by atoms with van der Waals surface area (Å²) in [5, 5.41) is 5.97. The second kappa shape index (κ2) is 6.80.